The predicted molar refractivity (Wildman–Crippen MR) is 146 cm³/mol. The molecule has 0 radical (unpaired) electrons. The third-order valence-electron chi connectivity index (χ3n) is 7.52. The summed E-state index contributed by atoms with van der Waals surface area (Å²) in [6.07, 6.45) is 3.65. The Morgan fingerprint density at radius 1 is 1.00 bits per heavy atom. The number of ether oxygens (including phenoxy) is 1. The van der Waals surface area contributed by atoms with E-state index in [1.165, 1.54) is 9.13 Å². The van der Waals surface area contributed by atoms with Crippen molar-refractivity contribution in [3.05, 3.63) is 64.6 Å². The zero-order valence-electron chi connectivity index (χ0n) is 22.1. The maximum atomic E-state index is 12.9. The van der Waals surface area contributed by atoms with Gasteiger partial charge in [0, 0.05) is 38.7 Å². The zero-order chi connectivity index (χ0) is 27.9. The first-order chi connectivity index (χ1) is 18.7. The third-order valence-corrected chi connectivity index (χ3v) is 7.52. The van der Waals surface area contributed by atoms with Gasteiger partial charge in [-0.2, -0.15) is 0 Å². The standard InChI is InChI=1S/C29H35N3O7/c1-30-25-18-22(10-11-23(25)32(29(30)38)24(28(36)37)12-13-26(33)34)31-16-14-20(15-17-31)8-5-9-27(35)39-19-21-6-3-2-4-7-21/h2-4,6-7,10-11,18,20,24H,5,8-9,12-17,19H2,1H3,(H,33,34)(H,36,37). The Balaban J connectivity index is 1.32. The van der Waals surface area contributed by atoms with Gasteiger partial charge in [0.15, 0.2) is 0 Å². The SMILES string of the molecule is Cn1c(=O)n(C(CCC(=O)O)C(=O)O)c2ccc(N3CCC(CCCC(=O)OCc4ccccc4)CC3)cc21. The smallest absolute Gasteiger partial charge is 0.329 e. The molecule has 1 fully saturated rings. The maximum absolute atomic E-state index is 12.9. The van der Waals surface area contributed by atoms with Crippen molar-refractivity contribution in [1.82, 2.24) is 9.13 Å². The molecule has 1 aromatic heterocycles. The highest BCUT2D eigenvalue weighted by Crippen LogP contribution is 2.30. The van der Waals surface area contributed by atoms with Gasteiger partial charge in [-0.05, 0) is 61.8 Å². The van der Waals surface area contributed by atoms with Crippen molar-refractivity contribution in [2.24, 2.45) is 13.0 Å². The lowest BCUT2D eigenvalue weighted by Gasteiger charge is -2.33. The van der Waals surface area contributed by atoms with Gasteiger partial charge in [0.05, 0.1) is 11.0 Å². The number of hydrogen-bond acceptors (Lipinski definition) is 6. The number of hydrogen-bond donors (Lipinski definition) is 2. The number of esters is 1. The topological polar surface area (TPSA) is 131 Å². The van der Waals surface area contributed by atoms with Gasteiger partial charge in [-0.25, -0.2) is 9.59 Å². The summed E-state index contributed by atoms with van der Waals surface area (Å²) in [4.78, 5) is 50.2. The molecular weight excluding hydrogens is 502 g/mol. The summed E-state index contributed by atoms with van der Waals surface area (Å²) in [5.74, 6) is -1.98. The Hall–Kier alpha value is -4.08. The molecule has 0 aliphatic carbocycles. The van der Waals surface area contributed by atoms with Crippen LogP contribution in [0.1, 0.15) is 56.6 Å². The molecule has 2 aromatic carbocycles. The molecule has 10 nitrogen and oxygen atoms in total. The van der Waals surface area contributed by atoms with Gasteiger partial charge in [0.1, 0.15) is 12.6 Å². The van der Waals surface area contributed by atoms with Gasteiger partial charge in [-0.15, -0.1) is 0 Å². The minimum Gasteiger partial charge on any atom is -0.481 e. The van der Waals surface area contributed by atoms with Crippen LogP contribution in [0.15, 0.2) is 53.3 Å². The van der Waals surface area contributed by atoms with Crippen LogP contribution in [-0.2, 0) is 32.8 Å². The van der Waals surface area contributed by atoms with Crippen LogP contribution in [0, 0.1) is 5.92 Å². The summed E-state index contributed by atoms with van der Waals surface area (Å²) >= 11 is 0. The van der Waals surface area contributed by atoms with Crippen molar-refractivity contribution in [3.63, 3.8) is 0 Å². The molecular formula is C29H35N3O7. The van der Waals surface area contributed by atoms with E-state index in [0.29, 0.717) is 30.0 Å². The van der Waals surface area contributed by atoms with Crippen molar-refractivity contribution < 1.29 is 29.3 Å². The molecule has 3 aromatic rings. The monoisotopic (exact) mass is 537 g/mol. The Bertz CT molecular complexity index is 1370. The van der Waals surface area contributed by atoms with Crippen LogP contribution in [0.2, 0.25) is 0 Å². The van der Waals surface area contributed by atoms with Gasteiger partial charge in [-0.1, -0.05) is 30.3 Å². The molecule has 39 heavy (non-hydrogen) atoms. The van der Waals surface area contributed by atoms with E-state index in [2.05, 4.69) is 4.90 Å². The fraction of sp³-hybridized carbons (Fsp3) is 0.448. The highest BCUT2D eigenvalue weighted by Gasteiger charge is 2.27. The van der Waals surface area contributed by atoms with Gasteiger partial charge in [-0.3, -0.25) is 18.7 Å². The van der Waals surface area contributed by atoms with E-state index in [1.54, 1.807) is 13.1 Å². The minimum atomic E-state index is -1.26. The quantitative estimate of drug-likeness (QED) is 0.332. The van der Waals surface area contributed by atoms with Crippen LogP contribution in [0.5, 0.6) is 0 Å². The number of anilines is 1. The number of carbonyl (C=O) groups excluding carboxylic acids is 1. The third kappa shape index (κ3) is 6.87. The number of carboxylic acids is 2. The summed E-state index contributed by atoms with van der Waals surface area (Å²) < 4.78 is 7.97. The minimum absolute atomic E-state index is 0.171. The van der Waals surface area contributed by atoms with Crippen LogP contribution in [0.4, 0.5) is 5.69 Å². The highest BCUT2D eigenvalue weighted by atomic mass is 16.5. The molecule has 1 aliphatic rings. The van der Waals surface area contributed by atoms with E-state index in [0.717, 1.165) is 50.0 Å². The molecule has 1 unspecified atom stereocenters. The van der Waals surface area contributed by atoms with E-state index in [9.17, 15) is 24.3 Å². The second-order valence-electron chi connectivity index (χ2n) is 10.1. The molecule has 4 rings (SSSR count). The Kier molecular flexibility index (Phi) is 9.06. The van der Waals surface area contributed by atoms with Gasteiger partial charge >= 0.3 is 23.6 Å². The first kappa shape index (κ1) is 27.9. The molecule has 1 atom stereocenters. The number of piperidine rings is 1. The molecule has 10 heteroatoms. The number of benzene rings is 2. The first-order valence-electron chi connectivity index (χ1n) is 13.3. The molecule has 0 amide bonds. The number of carbonyl (C=O) groups is 3. The molecule has 2 N–H and O–H groups in total. The van der Waals surface area contributed by atoms with E-state index in [-0.39, 0.29) is 18.8 Å². The first-order valence-corrected chi connectivity index (χ1v) is 13.3. The normalized spacial score (nSPS) is 14.8. The Labute approximate surface area is 226 Å². The summed E-state index contributed by atoms with van der Waals surface area (Å²) in [5, 5.41) is 18.7. The predicted octanol–water partition coefficient (Wildman–Crippen LogP) is 3.96. The molecule has 0 spiro atoms. The molecule has 1 saturated heterocycles. The van der Waals surface area contributed by atoms with Crippen LogP contribution >= 0.6 is 0 Å². The fourth-order valence-electron chi connectivity index (χ4n) is 5.30. The molecule has 2 heterocycles. The number of rotatable bonds is 12. The van der Waals surface area contributed by atoms with Gasteiger partial charge < -0.3 is 19.8 Å². The van der Waals surface area contributed by atoms with E-state index >= 15 is 0 Å². The summed E-state index contributed by atoms with van der Waals surface area (Å²) in [6.45, 7) is 2.00. The second-order valence-corrected chi connectivity index (χ2v) is 10.1. The number of nitrogens with zero attached hydrogens (tertiary/aromatic N) is 3. The number of imidazole rings is 1. The van der Waals surface area contributed by atoms with E-state index in [4.69, 9.17) is 9.84 Å². The van der Waals surface area contributed by atoms with Crippen molar-refractivity contribution in [1.29, 1.82) is 0 Å². The van der Waals surface area contributed by atoms with E-state index in [1.807, 2.05) is 42.5 Å². The zero-order valence-corrected chi connectivity index (χ0v) is 22.1. The van der Waals surface area contributed by atoms with Gasteiger partial charge in [0.25, 0.3) is 0 Å². The van der Waals surface area contributed by atoms with Crippen molar-refractivity contribution >= 4 is 34.6 Å². The van der Waals surface area contributed by atoms with Crippen molar-refractivity contribution in [2.75, 3.05) is 18.0 Å². The van der Waals surface area contributed by atoms with Crippen LogP contribution in [-0.4, -0.2) is 50.3 Å². The second kappa shape index (κ2) is 12.6. The molecule has 1 aliphatic heterocycles. The largest absolute Gasteiger partial charge is 0.481 e. The Morgan fingerprint density at radius 2 is 1.72 bits per heavy atom. The van der Waals surface area contributed by atoms with Crippen molar-refractivity contribution in [2.45, 2.75) is 57.6 Å². The fourth-order valence-corrected chi connectivity index (χ4v) is 5.30. The average Bonchev–Trinajstić information content (AvgIpc) is 3.17. The summed E-state index contributed by atoms with van der Waals surface area (Å²) in [5.41, 5.74) is 2.53. The number of aliphatic carboxylic acids is 2. The lowest BCUT2D eigenvalue weighted by molar-refractivity contribution is -0.145. The van der Waals surface area contributed by atoms with Gasteiger partial charge in [0.2, 0.25) is 0 Å². The van der Waals surface area contributed by atoms with Crippen LogP contribution in [0.25, 0.3) is 11.0 Å². The van der Waals surface area contributed by atoms with Crippen LogP contribution in [0.3, 0.4) is 0 Å². The number of aryl methyl sites for hydroxylation is 1. The lowest BCUT2D eigenvalue weighted by Crippen LogP contribution is -2.33. The highest BCUT2D eigenvalue weighted by molar-refractivity contribution is 5.83. The molecule has 208 valence electrons. The number of carboxylic acid groups (broad SMARTS) is 2. The maximum Gasteiger partial charge on any atom is 0.329 e. The van der Waals surface area contributed by atoms with E-state index < -0.39 is 23.7 Å². The van der Waals surface area contributed by atoms with Crippen molar-refractivity contribution in [3.8, 4) is 0 Å². The summed E-state index contributed by atoms with van der Waals surface area (Å²) in [7, 11) is 1.60. The average molecular weight is 538 g/mol. The molecule has 0 bridgehead atoms. The number of aromatic nitrogens is 2. The number of fused-ring (bicyclic) bond motifs is 1. The summed E-state index contributed by atoms with van der Waals surface area (Å²) in [6, 6.07) is 13.9. The lowest BCUT2D eigenvalue weighted by atomic mass is 9.91. The Morgan fingerprint density at radius 3 is 2.38 bits per heavy atom. The van der Waals surface area contributed by atoms with Crippen LogP contribution < -0.4 is 10.6 Å². The molecule has 0 saturated carbocycles.